The molecule has 0 unspecified atom stereocenters. The lowest BCUT2D eigenvalue weighted by Crippen LogP contribution is -2.34. The van der Waals surface area contributed by atoms with Crippen molar-refractivity contribution in [2.45, 2.75) is 25.4 Å². The summed E-state index contributed by atoms with van der Waals surface area (Å²) in [7, 11) is -3.54. The number of phosphoric acid groups is 1. The first-order valence-corrected chi connectivity index (χ1v) is 8.06. The summed E-state index contributed by atoms with van der Waals surface area (Å²) in [6, 6.07) is 1.09. The molecule has 0 aliphatic carbocycles. The van der Waals surface area contributed by atoms with Gasteiger partial charge in [-0.05, 0) is 6.92 Å². The molecule has 2 rings (SSSR count). The fourth-order valence-corrected chi connectivity index (χ4v) is 2.79. The monoisotopic (exact) mass is 365 g/mol. The van der Waals surface area contributed by atoms with Gasteiger partial charge in [-0.1, -0.05) is 0 Å². The summed E-state index contributed by atoms with van der Waals surface area (Å²) >= 11 is 0. The van der Waals surface area contributed by atoms with Crippen LogP contribution in [0.25, 0.3) is 0 Å². The van der Waals surface area contributed by atoms with Gasteiger partial charge in [-0.2, -0.15) is 5.90 Å². The van der Waals surface area contributed by atoms with Gasteiger partial charge in [-0.3, -0.25) is 18.9 Å². The minimum Gasteiger partial charge on any atom is -0.493 e. The molecule has 0 amide bonds. The third kappa shape index (κ3) is 3.75. The van der Waals surface area contributed by atoms with E-state index in [1.165, 1.54) is 14.0 Å². The molecule has 0 bridgehead atoms. The number of nitrogens with zero attached hydrogens (tertiary/aromatic N) is 1. The van der Waals surface area contributed by atoms with Crippen molar-refractivity contribution in [3.8, 4) is 0 Å². The Labute approximate surface area is 134 Å². The van der Waals surface area contributed by atoms with Crippen LogP contribution in [-0.2, 0) is 23.4 Å². The van der Waals surface area contributed by atoms with Gasteiger partial charge in [0, 0.05) is 12.3 Å². The molecule has 0 spiro atoms. The number of aromatic nitrogens is 2. The van der Waals surface area contributed by atoms with Gasteiger partial charge in [0.15, 0.2) is 17.6 Å². The van der Waals surface area contributed by atoms with Crippen molar-refractivity contribution >= 4 is 7.82 Å². The van der Waals surface area contributed by atoms with Crippen LogP contribution in [0.5, 0.6) is 0 Å². The van der Waals surface area contributed by atoms with E-state index in [2.05, 4.69) is 9.36 Å². The van der Waals surface area contributed by atoms with Crippen LogP contribution in [0, 0.1) is 0 Å². The Morgan fingerprint density at radius 1 is 1.42 bits per heavy atom. The highest BCUT2D eigenvalue weighted by Crippen LogP contribution is 2.43. The maximum Gasteiger partial charge on any atom is 0.469 e. The SMILES string of the molecule is COC1=C(ON)[C@@H]([C@@H](C)OP(=O)(O)O)O[C@H]1n1ccc(=O)[nH]c1=O. The zero-order valence-electron chi connectivity index (χ0n) is 12.6. The second-order valence-corrected chi connectivity index (χ2v) is 5.97. The lowest BCUT2D eigenvalue weighted by atomic mass is 10.2. The van der Waals surface area contributed by atoms with Crippen LogP contribution in [-0.4, -0.2) is 38.7 Å². The summed E-state index contributed by atoms with van der Waals surface area (Å²) in [6.07, 6.45) is -2.36. The summed E-state index contributed by atoms with van der Waals surface area (Å²) in [5.41, 5.74) is -1.40. The molecule has 134 valence electrons. The van der Waals surface area contributed by atoms with Gasteiger partial charge < -0.3 is 24.1 Å². The van der Waals surface area contributed by atoms with Crippen LogP contribution in [0.4, 0.5) is 0 Å². The Morgan fingerprint density at radius 3 is 2.58 bits per heavy atom. The van der Waals surface area contributed by atoms with E-state index in [9.17, 15) is 14.2 Å². The molecule has 0 saturated heterocycles. The molecule has 0 saturated carbocycles. The smallest absolute Gasteiger partial charge is 0.469 e. The van der Waals surface area contributed by atoms with Crippen LogP contribution >= 0.6 is 7.82 Å². The molecule has 2 heterocycles. The lowest BCUT2D eigenvalue weighted by molar-refractivity contribution is -0.0687. The van der Waals surface area contributed by atoms with E-state index in [-0.39, 0.29) is 11.5 Å². The molecular weight excluding hydrogens is 349 g/mol. The average molecular weight is 365 g/mol. The zero-order valence-corrected chi connectivity index (χ0v) is 13.5. The number of rotatable bonds is 6. The molecule has 1 aliphatic rings. The minimum atomic E-state index is -4.80. The second-order valence-electron chi connectivity index (χ2n) is 4.78. The summed E-state index contributed by atoms with van der Waals surface area (Å²) in [6.45, 7) is 1.31. The van der Waals surface area contributed by atoms with Crippen LogP contribution in [0.15, 0.2) is 33.4 Å². The first-order valence-electron chi connectivity index (χ1n) is 6.53. The highest BCUT2D eigenvalue weighted by molar-refractivity contribution is 7.46. The standard InChI is InChI=1S/C11H16N3O9P/c1-5(23-24(17,18)19)7-8(22-12)9(20-2)10(21-7)14-4-3-6(15)13-11(14)16/h3-5,7,10H,12H2,1-2H3,(H,13,15,16)(H2,17,18,19)/t5-,7-,10-/m1/s1. The van der Waals surface area contributed by atoms with Crippen molar-refractivity contribution in [1.82, 2.24) is 9.55 Å². The third-order valence-electron chi connectivity index (χ3n) is 3.18. The third-order valence-corrected chi connectivity index (χ3v) is 3.79. The van der Waals surface area contributed by atoms with E-state index in [1.54, 1.807) is 0 Å². The summed E-state index contributed by atoms with van der Waals surface area (Å²) in [5.74, 6) is 5.06. The topological polar surface area (TPSA) is 175 Å². The second kappa shape index (κ2) is 6.89. The summed E-state index contributed by atoms with van der Waals surface area (Å²) in [4.78, 5) is 47.6. The Kier molecular flexibility index (Phi) is 5.28. The van der Waals surface area contributed by atoms with Crippen molar-refractivity contribution in [2.24, 2.45) is 5.90 Å². The van der Waals surface area contributed by atoms with E-state index in [1.807, 2.05) is 4.98 Å². The first-order chi connectivity index (χ1) is 11.2. The molecule has 1 aromatic heterocycles. The number of hydrogen-bond acceptors (Lipinski definition) is 8. The number of nitrogens with one attached hydrogen (secondary N) is 1. The van der Waals surface area contributed by atoms with Gasteiger partial charge in [0.05, 0.1) is 7.11 Å². The number of phosphoric ester groups is 1. The number of nitrogens with two attached hydrogens (primary N) is 1. The molecule has 1 aliphatic heterocycles. The van der Waals surface area contributed by atoms with Crippen LogP contribution in [0.2, 0.25) is 0 Å². The highest BCUT2D eigenvalue weighted by atomic mass is 31.2. The summed E-state index contributed by atoms with van der Waals surface area (Å²) in [5, 5.41) is 0. The fourth-order valence-electron chi connectivity index (χ4n) is 2.25. The molecule has 12 nitrogen and oxygen atoms in total. The molecule has 3 atom stereocenters. The molecule has 0 aromatic carbocycles. The molecule has 1 aromatic rings. The van der Waals surface area contributed by atoms with E-state index >= 15 is 0 Å². The zero-order chi connectivity index (χ0) is 18.1. The van der Waals surface area contributed by atoms with E-state index in [0.29, 0.717) is 0 Å². The number of H-pyrrole nitrogens is 1. The van der Waals surface area contributed by atoms with Gasteiger partial charge >= 0.3 is 13.5 Å². The van der Waals surface area contributed by atoms with Gasteiger partial charge in [0.1, 0.15) is 6.10 Å². The quantitative estimate of drug-likeness (QED) is 0.349. The van der Waals surface area contributed by atoms with E-state index in [0.717, 1.165) is 16.8 Å². The fraction of sp³-hybridized carbons (Fsp3) is 0.455. The minimum absolute atomic E-state index is 0.0159. The van der Waals surface area contributed by atoms with E-state index < -0.39 is 37.5 Å². The molecular formula is C11H16N3O9P. The lowest BCUT2D eigenvalue weighted by Gasteiger charge is -2.22. The number of aromatic amines is 1. The van der Waals surface area contributed by atoms with Gasteiger partial charge in [-0.15, -0.1) is 0 Å². The van der Waals surface area contributed by atoms with Crippen LogP contribution < -0.4 is 17.1 Å². The van der Waals surface area contributed by atoms with Crippen molar-refractivity contribution in [3.63, 3.8) is 0 Å². The highest BCUT2D eigenvalue weighted by Gasteiger charge is 2.44. The number of ether oxygens (including phenoxy) is 2. The predicted molar refractivity (Wildman–Crippen MR) is 77.1 cm³/mol. The largest absolute Gasteiger partial charge is 0.493 e. The normalized spacial score (nSPS) is 22.5. The maximum atomic E-state index is 11.9. The summed E-state index contributed by atoms with van der Waals surface area (Å²) < 4.78 is 27.2. The number of methoxy groups -OCH3 is 1. The number of hydrogen-bond donors (Lipinski definition) is 4. The molecule has 13 heteroatoms. The molecule has 0 fully saturated rings. The Balaban J connectivity index is 2.42. The Morgan fingerprint density at radius 2 is 2.08 bits per heavy atom. The Bertz CT molecular complexity index is 794. The predicted octanol–water partition coefficient (Wildman–Crippen LogP) is -1.32. The van der Waals surface area contributed by atoms with E-state index in [4.69, 9.17) is 25.2 Å². The first kappa shape index (κ1) is 18.4. The molecule has 0 radical (unpaired) electrons. The molecule has 5 N–H and O–H groups in total. The van der Waals surface area contributed by atoms with Crippen molar-refractivity contribution in [2.75, 3.05) is 7.11 Å². The van der Waals surface area contributed by atoms with Gasteiger partial charge in [0.25, 0.3) is 5.56 Å². The van der Waals surface area contributed by atoms with Crippen LogP contribution in [0.1, 0.15) is 13.2 Å². The van der Waals surface area contributed by atoms with Crippen molar-refractivity contribution < 1.29 is 33.2 Å². The Hall–Kier alpha value is -1.95. The van der Waals surface area contributed by atoms with Crippen molar-refractivity contribution in [3.05, 3.63) is 44.6 Å². The van der Waals surface area contributed by atoms with Crippen molar-refractivity contribution in [1.29, 1.82) is 0 Å². The average Bonchev–Trinajstić information content (AvgIpc) is 2.83. The van der Waals surface area contributed by atoms with Gasteiger partial charge in [-0.25, -0.2) is 9.36 Å². The van der Waals surface area contributed by atoms with Crippen LogP contribution in [0.3, 0.4) is 0 Å². The molecule has 24 heavy (non-hydrogen) atoms. The van der Waals surface area contributed by atoms with Gasteiger partial charge in [0.2, 0.25) is 6.23 Å². The maximum absolute atomic E-state index is 11.9.